The van der Waals surface area contributed by atoms with E-state index in [1.54, 1.807) is 39.1 Å². The predicted octanol–water partition coefficient (Wildman–Crippen LogP) is 3.29. The molecule has 0 aliphatic carbocycles. The lowest BCUT2D eigenvalue weighted by molar-refractivity contribution is -0.126. The smallest absolute Gasteiger partial charge is 0.417 e. The summed E-state index contributed by atoms with van der Waals surface area (Å²) >= 11 is 5.64. The highest BCUT2D eigenvalue weighted by molar-refractivity contribution is 6.31. The van der Waals surface area contributed by atoms with Crippen LogP contribution in [0.25, 0.3) is 0 Å². The van der Waals surface area contributed by atoms with Gasteiger partial charge in [0.05, 0.1) is 7.11 Å². The Kier molecular flexibility index (Phi) is 6.61. The van der Waals surface area contributed by atoms with Crippen molar-refractivity contribution in [3.05, 3.63) is 23.4 Å². The minimum atomic E-state index is -0.528. The lowest BCUT2D eigenvalue weighted by atomic mass is 10.2. The first kappa shape index (κ1) is 18.2. The molecule has 1 aromatic rings. The van der Waals surface area contributed by atoms with Gasteiger partial charge in [-0.25, -0.2) is 14.7 Å². The van der Waals surface area contributed by atoms with E-state index >= 15 is 0 Å². The van der Waals surface area contributed by atoms with Crippen molar-refractivity contribution in [1.29, 1.82) is 0 Å². The number of pyridine rings is 1. The second-order valence-electron chi connectivity index (χ2n) is 5.62. The molecule has 0 saturated carbocycles. The number of hydrogen-bond donors (Lipinski definition) is 0. The normalized spacial score (nSPS) is 14.2. The number of hydrogen-bond acceptors (Lipinski definition) is 5. The van der Waals surface area contributed by atoms with Crippen LogP contribution < -0.4 is 4.74 Å². The van der Waals surface area contributed by atoms with E-state index in [1.807, 2.05) is 0 Å². The number of amides is 2. The van der Waals surface area contributed by atoms with Crippen molar-refractivity contribution in [2.45, 2.75) is 39.2 Å². The third-order valence-electron chi connectivity index (χ3n) is 2.61. The molecule has 1 saturated heterocycles. The van der Waals surface area contributed by atoms with Crippen molar-refractivity contribution in [1.82, 2.24) is 9.88 Å². The van der Waals surface area contributed by atoms with Gasteiger partial charge in [-0.2, -0.15) is 0 Å². The van der Waals surface area contributed by atoms with Gasteiger partial charge in [0.25, 0.3) is 0 Å². The van der Waals surface area contributed by atoms with E-state index in [0.717, 1.165) is 6.42 Å². The van der Waals surface area contributed by atoms with Crippen LogP contribution in [0.15, 0.2) is 18.3 Å². The number of rotatable bonds is 1. The molecule has 1 fully saturated rings. The lowest BCUT2D eigenvalue weighted by Gasteiger charge is -2.23. The Morgan fingerprint density at radius 1 is 1.41 bits per heavy atom. The van der Waals surface area contributed by atoms with Crippen molar-refractivity contribution < 1.29 is 19.1 Å². The van der Waals surface area contributed by atoms with E-state index in [2.05, 4.69) is 4.98 Å². The van der Waals surface area contributed by atoms with Gasteiger partial charge in [-0.05, 0) is 39.3 Å². The molecule has 0 aromatic carbocycles. The Morgan fingerprint density at radius 2 is 2.09 bits per heavy atom. The fraction of sp³-hybridized carbons (Fsp3) is 0.533. The van der Waals surface area contributed by atoms with E-state index in [1.165, 1.54) is 12.0 Å². The molecule has 0 bridgehead atoms. The molecule has 1 aliphatic rings. The Hall–Kier alpha value is -1.82. The van der Waals surface area contributed by atoms with Gasteiger partial charge in [0.15, 0.2) is 0 Å². The zero-order valence-electron chi connectivity index (χ0n) is 13.3. The topological polar surface area (TPSA) is 68.7 Å². The average molecular weight is 329 g/mol. The number of likely N-dealkylation sites (tertiary alicyclic amines) is 1. The Morgan fingerprint density at radius 3 is 2.50 bits per heavy atom. The molecule has 2 rings (SSSR count). The summed E-state index contributed by atoms with van der Waals surface area (Å²) in [4.78, 5) is 27.5. The summed E-state index contributed by atoms with van der Waals surface area (Å²) in [5.41, 5.74) is -0.528. The first-order chi connectivity index (χ1) is 10.2. The highest BCUT2D eigenvalue weighted by Crippen LogP contribution is 2.18. The van der Waals surface area contributed by atoms with Gasteiger partial charge in [-0.3, -0.25) is 4.79 Å². The fourth-order valence-electron chi connectivity index (χ4n) is 1.68. The van der Waals surface area contributed by atoms with Gasteiger partial charge in [-0.15, -0.1) is 0 Å². The highest BCUT2D eigenvalue weighted by Gasteiger charge is 2.30. The molecule has 22 heavy (non-hydrogen) atoms. The molecule has 1 aromatic heterocycles. The standard InChI is InChI=1S/C9H15NO3.C6H6ClNO/c1-9(2,3)13-8(12)10-6-4-5-7(10)11;1-9-6-5(7)3-2-4-8-6/h4-6H2,1-3H3;2-4H,1H3. The van der Waals surface area contributed by atoms with E-state index in [0.29, 0.717) is 23.9 Å². The Bertz CT molecular complexity index is 529. The van der Waals surface area contributed by atoms with Crippen LogP contribution in [0.3, 0.4) is 0 Å². The van der Waals surface area contributed by atoms with Gasteiger partial charge in [-0.1, -0.05) is 11.6 Å². The van der Waals surface area contributed by atoms with Gasteiger partial charge in [0, 0.05) is 19.2 Å². The van der Waals surface area contributed by atoms with Crippen molar-refractivity contribution in [3.63, 3.8) is 0 Å². The molecule has 6 nitrogen and oxygen atoms in total. The van der Waals surface area contributed by atoms with Crippen LogP contribution in [-0.4, -0.2) is 41.1 Å². The molecular weight excluding hydrogens is 308 g/mol. The molecular formula is C15H21ClN2O4. The van der Waals surface area contributed by atoms with Crippen LogP contribution >= 0.6 is 11.6 Å². The van der Waals surface area contributed by atoms with Crippen LogP contribution in [0, 0.1) is 0 Å². The molecule has 7 heteroatoms. The maximum absolute atomic E-state index is 11.4. The predicted molar refractivity (Wildman–Crippen MR) is 83.0 cm³/mol. The summed E-state index contributed by atoms with van der Waals surface area (Å²) in [5, 5.41) is 0.542. The molecule has 2 heterocycles. The van der Waals surface area contributed by atoms with E-state index in [-0.39, 0.29) is 5.91 Å². The summed E-state index contributed by atoms with van der Waals surface area (Å²) in [6, 6.07) is 3.48. The van der Waals surface area contributed by atoms with Gasteiger partial charge in [0.2, 0.25) is 11.8 Å². The van der Waals surface area contributed by atoms with Crippen LogP contribution in [-0.2, 0) is 9.53 Å². The lowest BCUT2D eigenvalue weighted by Crippen LogP contribution is -2.37. The van der Waals surface area contributed by atoms with Crippen LogP contribution in [0.2, 0.25) is 5.02 Å². The molecule has 2 amide bonds. The average Bonchev–Trinajstić information content (AvgIpc) is 2.84. The number of carbonyl (C=O) groups excluding carboxylic acids is 2. The number of aromatic nitrogens is 1. The summed E-state index contributed by atoms with van der Waals surface area (Å²) in [6.07, 6.45) is 2.32. The second kappa shape index (κ2) is 7.98. The maximum Gasteiger partial charge on any atom is 0.417 e. The first-order valence-electron chi connectivity index (χ1n) is 6.92. The van der Waals surface area contributed by atoms with Crippen LogP contribution in [0.5, 0.6) is 5.88 Å². The third kappa shape index (κ3) is 5.89. The molecule has 0 N–H and O–H groups in total. The Balaban J connectivity index is 0.000000235. The van der Waals surface area contributed by atoms with Crippen molar-refractivity contribution in [3.8, 4) is 5.88 Å². The molecule has 0 spiro atoms. The molecule has 1 aliphatic heterocycles. The van der Waals surface area contributed by atoms with Crippen molar-refractivity contribution in [2.75, 3.05) is 13.7 Å². The van der Waals surface area contributed by atoms with Crippen molar-refractivity contribution >= 4 is 23.6 Å². The molecule has 0 unspecified atom stereocenters. The molecule has 0 radical (unpaired) electrons. The second-order valence-corrected chi connectivity index (χ2v) is 6.03. The highest BCUT2D eigenvalue weighted by atomic mass is 35.5. The molecule has 122 valence electrons. The Labute approximate surface area is 135 Å². The zero-order chi connectivity index (χ0) is 16.8. The number of nitrogens with zero attached hydrogens (tertiary/aromatic N) is 2. The van der Waals surface area contributed by atoms with Gasteiger partial charge in [0.1, 0.15) is 10.6 Å². The van der Waals surface area contributed by atoms with Gasteiger partial charge < -0.3 is 9.47 Å². The monoisotopic (exact) mass is 328 g/mol. The SMILES string of the molecule is CC(C)(C)OC(=O)N1CCCC1=O.COc1ncccc1Cl. The summed E-state index contributed by atoms with van der Waals surface area (Å²) < 4.78 is 9.86. The minimum Gasteiger partial charge on any atom is -0.480 e. The van der Waals surface area contributed by atoms with E-state index < -0.39 is 11.7 Å². The summed E-state index contributed by atoms with van der Waals surface area (Å²) in [7, 11) is 1.54. The zero-order valence-corrected chi connectivity index (χ0v) is 14.0. The first-order valence-corrected chi connectivity index (χ1v) is 7.30. The largest absolute Gasteiger partial charge is 0.480 e. The third-order valence-corrected chi connectivity index (χ3v) is 2.89. The number of methoxy groups -OCH3 is 1. The number of ether oxygens (including phenoxy) is 2. The van der Waals surface area contributed by atoms with Crippen LogP contribution in [0.1, 0.15) is 33.6 Å². The number of carbonyl (C=O) groups is 2. The maximum atomic E-state index is 11.4. The molecule has 0 atom stereocenters. The fourth-order valence-corrected chi connectivity index (χ4v) is 1.88. The van der Waals surface area contributed by atoms with Crippen LogP contribution in [0.4, 0.5) is 4.79 Å². The summed E-state index contributed by atoms with van der Waals surface area (Å²) in [5.74, 6) is 0.341. The summed E-state index contributed by atoms with van der Waals surface area (Å²) in [6.45, 7) is 5.84. The number of imide groups is 1. The van der Waals surface area contributed by atoms with Gasteiger partial charge >= 0.3 is 6.09 Å². The quantitative estimate of drug-likeness (QED) is 0.791. The minimum absolute atomic E-state index is 0.130. The van der Waals surface area contributed by atoms with E-state index in [4.69, 9.17) is 21.1 Å². The number of halogens is 1. The van der Waals surface area contributed by atoms with E-state index in [9.17, 15) is 9.59 Å². The van der Waals surface area contributed by atoms with Crippen molar-refractivity contribution in [2.24, 2.45) is 0 Å².